The highest BCUT2D eigenvalue weighted by molar-refractivity contribution is 5.48. The monoisotopic (exact) mass is 203 g/mol. The molecule has 0 unspecified atom stereocenters. The van der Waals surface area contributed by atoms with Crippen molar-refractivity contribution in [3.05, 3.63) is 42.0 Å². The molecular weight excluding hydrogens is 182 g/mol. The molecule has 0 bridgehead atoms. The van der Waals surface area contributed by atoms with Gasteiger partial charge in [0.25, 0.3) is 0 Å². The van der Waals surface area contributed by atoms with Crippen LogP contribution in [0.5, 0.6) is 0 Å². The lowest BCUT2D eigenvalue weighted by Crippen LogP contribution is -2.12. The molecule has 0 fully saturated rings. The first-order valence-electron chi connectivity index (χ1n) is 5.65. The van der Waals surface area contributed by atoms with E-state index in [2.05, 4.69) is 61.5 Å². The minimum Gasteiger partial charge on any atom is -0.309 e. The molecule has 0 saturated carbocycles. The van der Waals surface area contributed by atoms with Gasteiger partial charge < -0.3 is 4.90 Å². The Morgan fingerprint density at radius 1 is 1.07 bits per heavy atom. The number of hydrogen-bond donors (Lipinski definition) is 0. The normalized spacial score (nSPS) is 11.4. The van der Waals surface area contributed by atoms with Crippen LogP contribution in [0.15, 0.2) is 36.4 Å². The van der Waals surface area contributed by atoms with E-state index in [4.69, 9.17) is 0 Å². The Kier molecular flexibility index (Phi) is 5.79. The molecule has 0 aliphatic rings. The molecule has 0 N–H and O–H groups in total. The van der Waals surface area contributed by atoms with Gasteiger partial charge in [-0.3, -0.25) is 0 Å². The van der Waals surface area contributed by atoms with Crippen LogP contribution in [0.25, 0.3) is 6.08 Å². The van der Waals surface area contributed by atoms with Gasteiger partial charge >= 0.3 is 0 Å². The molecule has 0 radical (unpaired) electrons. The van der Waals surface area contributed by atoms with E-state index in [0.717, 1.165) is 0 Å². The first kappa shape index (κ1) is 12.0. The molecule has 1 aromatic rings. The van der Waals surface area contributed by atoms with Gasteiger partial charge in [0, 0.05) is 0 Å². The average molecular weight is 203 g/mol. The van der Waals surface area contributed by atoms with Crippen molar-refractivity contribution in [2.75, 3.05) is 20.6 Å². The predicted molar refractivity (Wildman–Crippen MR) is 67.9 cm³/mol. The van der Waals surface area contributed by atoms with Gasteiger partial charge in [-0.25, -0.2) is 0 Å². The van der Waals surface area contributed by atoms with Crippen LogP contribution in [0.3, 0.4) is 0 Å². The van der Waals surface area contributed by atoms with Gasteiger partial charge in [0.2, 0.25) is 0 Å². The third kappa shape index (κ3) is 6.08. The summed E-state index contributed by atoms with van der Waals surface area (Å²) in [6, 6.07) is 10.5. The van der Waals surface area contributed by atoms with E-state index in [9.17, 15) is 0 Å². The Morgan fingerprint density at radius 3 is 2.47 bits per heavy atom. The third-order valence-electron chi connectivity index (χ3n) is 2.34. The summed E-state index contributed by atoms with van der Waals surface area (Å²) in [7, 11) is 4.25. The van der Waals surface area contributed by atoms with Crippen LogP contribution in [-0.4, -0.2) is 25.5 Å². The SMILES string of the molecule is CN(C)CCCC/C=C/c1ccccc1. The smallest absolute Gasteiger partial charge is 0.00247 e. The van der Waals surface area contributed by atoms with Gasteiger partial charge in [0.1, 0.15) is 0 Å². The molecule has 15 heavy (non-hydrogen) atoms. The lowest BCUT2D eigenvalue weighted by molar-refractivity contribution is 0.395. The number of allylic oxidation sites excluding steroid dienone is 1. The number of hydrogen-bond acceptors (Lipinski definition) is 1. The van der Waals surface area contributed by atoms with Crippen molar-refractivity contribution < 1.29 is 0 Å². The van der Waals surface area contributed by atoms with Crippen molar-refractivity contribution in [3.8, 4) is 0 Å². The van der Waals surface area contributed by atoms with Gasteiger partial charge in [-0.1, -0.05) is 42.5 Å². The lowest BCUT2D eigenvalue weighted by Gasteiger charge is -2.07. The van der Waals surface area contributed by atoms with Crippen LogP contribution in [0.2, 0.25) is 0 Å². The summed E-state index contributed by atoms with van der Waals surface area (Å²) in [5, 5.41) is 0. The molecule has 1 nitrogen and oxygen atoms in total. The molecule has 0 atom stereocenters. The first-order valence-corrected chi connectivity index (χ1v) is 5.65. The largest absolute Gasteiger partial charge is 0.309 e. The standard InChI is InChI=1S/C14H21N/c1-15(2)13-9-4-3-6-10-14-11-7-5-8-12-14/h5-8,10-12H,3-4,9,13H2,1-2H3/b10-6+. The zero-order valence-electron chi connectivity index (χ0n) is 9.82. The molecule has 0 spiro atoms. The summed E-state index contributed by atoms with van der Waals surface area (Å²) in [6.45, 7) is 1.19. The maximum absolute atomic E-state index is 2.27. The molecule has 1 aromatic carbocycles. The van der Waals surface area contributed by atoms with Gasteiger partial charge in [-0.2, -0.15) is 0 Å². The number of nitrogens with zero attached hydrogens (tertiary/aromatic N) is 1. The summed E-state index contributed by atoms with van der Waals surface area (Å²) in [5.41, 5.74) is 1.30. The van der Waals surface area contributed by atoms with Gasteiger partial charge in [0.05, 0.1) is 0 Å². The molecule has 0 amide bonds. The molecule has 0 saturated heterocycles. The van der Waals surface area contributed by atoms with Crippen molar-refractivity contribution in [2.24, 2.45) is 0 Å². The Bertz CT molecular complexity index is 275. The highest BCUT2D eigenvalue weighted by Gasteiger charge is 1.89. The molecule has 0 aliphatic heterocycles. The van der Waals surface area contributed by atoms with E-state index < -0.39 is 0 Å². The minimum atomic E-state index is 1.18. The van der Waals surface area contributed by atoms with E-state index in [0.29, 0.717) is 0 Å². The summed E-state index contributed by atoms with van der Waals surface area (Å²) in [4.78, 5) is 2.24. The van der Waals surface area contributed by atoms with E-state index in [1.54, 1.807) is 0 Å². The molecule has 1 rings (SSSR count). The van der Waals surface area contributed by atoms with Crippen LogP contribution in [0.4, 0.5) is 0 Å². The van der Waals surface area contributed by atoms with E-state index in [-0.39, 0.29) is 0 Å². The average Bonchev–Trinajstić information content (AvgIpc) is 2.24. The molecule has 0 aromatic heterocycles. The fraction of sp³-hybridized carbons (Fsp3) is 0.429. The molecule has 82 valence electrons. The highest BCUT2D eigenvalue weighted by Crippen LogP contribution is 2.04. The Morgan fingerprint density at radius 2 is 1.80 bits per heavy atom. The summed E-state index contributed by atoms with van der Waals surface area (Å²) >= 11 is 0. The third-order valence-corrected chi connectivity index (χ3v) is 2.34. The predicted octanol–water partition coefficient (Wildman–Crippen LogP) is 3.43. The second-order valence-electron chi connectivity index (χ2n) is 4.11. The molecule has 0 aliphatic carbocycles. The van der Waals surface area contributed by atoms with Crippen molar-refractivity contribution in [1.29, 1.82) is 0 Å². The quantitative estimate of drug-likeness (QED) is 0.640. The van der Waals surface area contributed by atoms with E-state index in [1.165, 1.54) is 31.4 Å². The van der Waals surface area contributed by atoms with E-state index >= 15 is 0 Å². The second kappa shape index (κ2) is 7.24. The summed E-state index contributed by atoms with van der Waals surface area (Å²) in [6.07, 6.45) is 8.22. The number of unbranched alkanes of at least 4 members (excludes halogenated alkanes) is 2. The van der Waals surface area contributed by atoms with Crippen LogP contribution < -0.4 is 0 Å². The fourth-order valence-electron chi connectivity index (χ4n) is 1.47. The van der Waals surface area contributed by atoms with Crippen LogP contribution in [0, 0.1) is 0 Å². The van der Waals surface area contributed by atoms with Crippen LogP contribution >= 0.6 is 0 Å². The maximum atomic E-state index is 2.27. The highest BCUT2D eigenvalue weighted by atomic mass is 15.0. The van der Waals surface area contributed by atoms with Gasteiger partial charge in [-0.05, 0) is 45.5 Å². The first-order chi connectivity index (χ1) is 7.29. The van der Waals surface area contributed by atoms with Crippen molar-refractivity contribution in [2.45, 2.75) is 19.3 Å². The molecular formula is C14H21N. The zero-order chi connectivity index (χ0) is 10.9. The molecule has 0 heterocycles. The number of rotatable bonds is 6. The summed E-state index contributed by atoms with van der Waals surface area (Å²) in [5.74, 6) is 0. The molecule has 1 heteroatoms. The Balaban J connectivity index is 2.12. The van der Waals surface area contributed by atoms with Crippen LogP contribution in [0.1, 0.15) is 24.8 Å². The summed E-state index contributed by atoms with van der Waals surface area (Å²) < 4.78 is 0. The second-order valence-corrected chi connectivity index (χ2v) is 4.11. The minimum absolute atomic E-state index is 1.18. The topological polar surface area (TPSA) is 3.24 Å². The Labute approximate surface area is 93.4 Å². The van der Waals surface area contributed by atoms with Crippen molar-refractivity contribution in [3.63, 3.8) is 0 Å². The van der Waals surface area contributed by atoms with E-state index in [1.807, 2.05) is 0 Å². The number of benzene rings is 1. The van der Waals surface area contributed by atoms with Crippen molar-refractivity contribution in [1.82, 2.24) is 4.90 Å². The zero-order valence-corrected chi connectivity index (χ0v) is 9.82. The fourth-order valence-corrected chi connectivity index (χ4v) is 1.47. The Hall–Kier alpha value is -1.08. The lowest BCUT2D eigenvalue weighted by atomic mass is 10.1. The van der Waals surface area contributed by atoms with Crippen molar-refractivity contribution >= 4 is 6.08 Å². The van der Waals surface area contributed by atoms with Crippen LogP contribution in [-0.2, 0) is 0 Å². The van der Waals surface area contributed by atoms with Gasteiger partial charge in [0.15, 0.2) is 0 Å². The maximum Gasteiger partial charge on any atom is -0.00247 e. The van der Waals surface area contributed by atoms with Gasteiger partial charge in [-0.15, -0.1) is 0 Å².